The fourth-order valence-electron chi connectivity index (χ4n) is 2.30. The zero-order chi connectivity index (χ0) is 13.7. The van der Waals surface area contributed by atoms with Crippen molar-refractivity contribution in [1.82, 2.24) is 10.6 Å². The highest BCUT2D eigenvalue weighted by Crippen LogP contribution is 2.23. The molecule has 0 bridgehead atoms. The van der Waals surface area contributed by atoms with E-state index in [1.165, 1.54) is 4.88 Å². The number of carbonyl (C=O) groups excluding carboxylic acids is 1. The maximum absolute atomic E-state index is 12.3. The largest absolute Gasteiger partial charge is 0.368 e. The van der Waals surface area contributed by atoms with E-state index >= 15 is 0 Å². The monoisotopic (exact) mass is 338 g/mol. The molecule has 1 fully saturated rings. The van der Waals surface area contributed by atoms with Gasteiger partial charge in [0.15, 0.2) is 0 Å². The molecule has 0 aliphatic carbocycles. The van der Waals surface area contributed by atoms with Crippen LogP contribution in [0.3, 0.4) is 0 Å². The minimum absolute atomic E-state index is 0. The van der Waals surface area contributed by atoms with Crippen molar-refractivity contribution in [2.24, 2.45) is 0 Å². The van der Waals surface area contributed by atoms with Gasteiger partial charge in [-0.2, -0.15) is 0 Å². The molecule has 0 saturated carbocycles. The van der Waals surface area contributed by atoms with Crippen LogP contribution in [-0.2, 0) is 16.0 Å². The van der Waals surface area contributed by atoms with Crippen molar-refractivity contribution < 1.29 is 9.53 Å². The molecule has 0 spiro atoms. The summed E-state index contributed by atoms with van der Waals surface area (Å²) in [6.45, 7) is 2.26. The van der Waals surface area contributed by atoms with Gasteiger partial charge in [-0.25, -0.2) is 0 Å². The van der Waals surface area contributed by atoms with Crippen LogP contribution in [0.4, 0.5) is 0 Å². The van der Waals surface area contributed by atoms with Gasteiger partial charge in [-0.15, -0.1) is 23.7 Å². The summed E-state index contributed by atoms with van der Waals surface area (Å²) < 4.78 is 6.26. The smallest absolute Gasteiger partial charge is 0.252 e. The Bertz CT molecular complexity index is 434. The summed E-state index contributed by atoms with van der Waals surface area (Å²) in [5.74, 6) is -0.000784. The Morgan fingerprint density at radius 3 is 2.75 bits per heavy atom. The summed E-state index contributed by atoms with van der Waals surface area (Å²) in [7, 11) is 1.62. The second kappa shape index (κ2) is 8.20. The van der Waals surface area contributed by atoms with Crippen molar-refractivity contribution in [3.8, 4) is 0 Å². The number of methoxy groups -OCH3 is 1. The van der Waals surface area contributed by atoms with Crippen molar-refractivity contribution >= 4 is 41.3 Å². The molecule has 1 aromatic rings. The van der Waals surface area contributed by atoms with Crippen LogP contribution in [0.2, 0.25) is 4.34 Å². The number of hydrogen-bond donors (Lipinski definition) is 2. The molecule has 1 aliphatic heterocycles. The van der Waals surface area contributed by atoms with Crippen molar-refractivity contribution in [3.05, 3.63) is 21.3 Å². The van der Waals surface area contributed by atoms with E-state index in [1.807, 2.05) is 12.1 Å². The molecule has 0 unspecified atom stereocenters. The Kier molecular flexibility index (Phi) is 7.26. The van der Waals surface area contributed by atoms with Crippen molar-refractivity contribution in [1.29, 1.82) is 0 Å². The molecule has 0 atom stereocenters. The van der Waals surface area contributed by atoms with Gasteiger partial charge in [-0.05, 0) is 44.5 Å². The molecule has 2 N–H and O–H groups in total. The van der Waals surface area contributed by atoms with E-state index in [0.29, 0.717) is 6.54 Å². The maximum Gasteiger partial charge on any atom is 0.252 e. The van der Waals surface area contributed by atoms with E-state index in [0.717, 1.165) is 36.7 Å². The molecule has 20 heavy (non-hydrogen) atoms. The third-order valence-electron chi connectivity index (χ3n) is 3.50. The Morgan fingerprint density at radius 2 is 2.20 bits per heavy atom. The minimum atomic E-state index is -0.654. The molecular formula is C13H20Cl2N2O2S. The van der Waals surface area contributed by atoms with E-state index in [2.05, 4.69) is 10.6 Å². The lowest BCUT2D eigenvalue weighted by Gasteiger charge is -2.34. The van der Waals surface area contributed by atoms with Crippen LogP contribution in [-0.4, -0.2) is 38.3 Å². The quantitative estimate of drug-likeness (QED) is 0.865. The topological polar surface area (TPSA) is 50.4 Å². The van der Waals surface area contributed by atoms with E-state index in [-0.39, 0.29) is 18.3 Å². The van der Waals surface area contributed by atoms with Crippen LogP contribution in [0.1, 0.15) is 17.7 Å². The lowest BCUT2D eigenvalue weighted by Crippen LogP contribution is -2.54. The lowest BCUT2D eigenvalue weighted by atomic mass is 9.91. The van der Waals surface area contributed by atoms with Crippen LogP contribution in [0.5, 0.6) is 0 Å². The standard InChI is InChI=1S/C13H19ClN2O2S.ClH/c1-18-13(5-8-15-9-6-13)12(17)16-7-4-10-2-3-11(14)19-10;/h2-3,15H,4-9H2,1H3,(H,16,17);1H. The van der Waals surface area contributed by atoms with Crippen LogP contribution in [0, 0.1) is 0 Å². The predicted molar refractivity (Wildman–Crippen MR) is 85.1 cm³/mol. The molecule has 1 amide bonds. The molecule has 1 aromatic heterocycles. The highest BCUT2D eigenvalue weighted by atomic mass is 35.5. The van der Waals surface area contributed by atoms with Gasteiger partial charge < -0.3 is 15.4 Å². The maximum atomic E-state index is 12.3. The Balaban J connectivity index is 0.00000200. The summed E-state index contributed by atoms with van der Waals surface area (Å²) in [5, 5.41) is 6.21. The highest BCUT2D eigenvalue weighted by Gasteiger charge is 2.39. The minimum Gasteiger partial charge on any atom is -0.368 e. The van der Waals surface area contributed by atoms with Crippen LogP contribution in [0.15, 0.2) is 12.1 Å². The summed E-state index contributed by atoms with van der Waals surface area (Å²) in [5.41, 5.74) is -0.654. The molecule has 0 aromatic carbocycles. The van der Waals surface area contributed by atoms with Gasteiger partial charge in [0, 0.05) is 18.5 Å². The normalized spacial score (nSPS) is 17.3. The molecular weight excluding hydrogens is 319 g/mol. The lowest BCUT2D eigenvalue weighted by molar-refractivity contribution is -0.146. The van der Waals surface area contributed by atoms with Crippen LogP contribution < -0.4 is 10.6 Å². The molecule has 7 heteroatoms. The molecule has 2 rings (SSSR count). The van der Waals surface area contributed by atoms with Gasteiger partial charge in [0.05, 0.1) is 4.34 Å². The van der Waals surface area contributed by atoms with Gasteiger partial charge in [0.2, 0.25) is 0 Å². The van der Waals surface area contributed by atoms with Crippen molar-refractivity contribution in [3.63, 3.8) is 0 Å². The number of halogens is 2. The average molecular weight is 339 g/mol. The summed E-state index contributed by atoms with van der Waals surface area (Å²) in [6.07, 6.45) is 2.25. The van der Waals surface area contributed by atoms with E-state index in [4.69, 9.17) is 16.3 Å². The highest BCUT2D eigenvalue weighted by molar-refractivity contribution is 7.16. The van der Waals surface area contributed by atoms with Crippen LogP contribution in [0.25, 0.3) is 0 Å². The Labute approximate surface area is 134 Å². The molecule has 4 nitrogen and oxygen atoms in total. The van der Waals surface area contributed by atoms with E-state index < -0.39 is 5.60 Å². The average Bonchev–Trinajstić information content (AvgIpc) is 2.85. The first-order valence-corrected chi connectivity index (χ1v) is 7.64. The Hall–Kier alpha value is -0.330. The number of hydrogen-bond acceptors (Lipinski definition) is 4. The first-order valence-electron chi connectivity index (χ1n) is 6.45. The number of carbonyl (C=O) groups is 1. The number of piperidine rings is 1. The number of ether oxygens (including phenoxy) is 1. The fraction of sp³-hybridized carbons (Fsp3) is 0.615. The molecule has 1 saturated heterocycles. The number of amides is 1. The summed E-state index contributed by atoms with van der Waals surface area (Å²) in [4.78, 5) is 13.4. The second-order valence-electron chi connectivity index (χ2n) is 4.66. The van der Waals surface area contributed by atoms with Gasteiger partial charge >= 0.3 is 0 Å². The van der Waals surface area contributed by atoms with Crippen molar-refractivity contribution in [2.45, 2.75) is 24.9 Å². The van der Waals surface area contributed by atoms with Gasteiger partial charge in [0.25, 0.3) is 5.91 Å². The van der Waals surface area contributed by atoms with E-state index in [9.17, 15) is 4.79 Å². The third-order valence-corrected chi connectivity index (χ3v) is 4.79. The first kappa shape index (κ1) is 17.7. The van der Waals surface area contributed by atoms with Gasteiger partial charge in [-0.3, -0.25) is 4.79 Å². The number of rotatable bonds is 5. The zero-order valence-electron chi connectivity index (χ0n) is 11.4. The predicted octanol–water partition coefficient (Wildman–Crippen LogP) is 2.25. The fourth-order valence-corrected chi connectivity index (χ4v) is 3.39. The SMILES string of the molecule is COC1(C(=O)NCCc2ccc(Cl)s2)CCNCC1.Cl. The number of thiophene rings is 1. The molecule has 2 heterocycles. The zero-order valence-corrected chi connectivity index (χ0v) is 13.8. The molecule has 114 valence electrons. The molecule has 1 aliphatic rings. The summed E-state index contributed by atoms with van der Waals surface area (Å²) in [6, 6.07) is 3.88. The first-order chi connectivity index (χ1) is 9.16. The summed E-state index contributed by atoms with van der Waals surface area (Å²) >= 11 is 7.43. The van der Waals surface area contributed by atoms with Crippen molar-refractivity contribution in [2.75, 3.05) is 26.7 Å². The van der Waals surface area contributed by atoms with Gasteiger partial charge in [-0.1, -0.05) is 11.6 Å². The van der Waals surface area contributed by atoms with Gasteiger partial charge in [0.1, 0.15) is 5.60 Å². The van der Waals surface area contributed by atoms with E-state index in [1.54, 1.807) is 18.4 Å². The molecule has 0 radical (unpaired) electrons. The number of nitrogens with one attached hydrogen (secondary N) is 2. The second-order valence-corrected chi connectivity index (χ2v) is 6.46. The third kappa shape index (κ3) is 4.33. The van der Waals surface area contributed by atoms with Crippen LogP contribution >= 0.6 is 35.3 Å². The Morgan fingerprint density at radius 1 is 1.50 bits per heavy atom.